The van der Waals surface area contributed by atoms with Gasteiger partial charge >= 0.3 is 0 Å². The second kappa shape index (κ2) is 5.05. The first-order valence-electron chi connectivity index (χ1n) is 5.27. The van der Waals surface area contributed by atoms with Gasteiger partial charge in [-0.3, -0.25) is 4.79 Å². The molecule has 0 saturated carbocycles. The van der Waals surface area contributed by atoms with Crippen LogP contribution in [-0.4, -0.2) is 18.5 Å². The predicted octanol–water partition coefficient (Wildman–Crippen LogP) is 2.25. The predicted molar refractivity (Wildman–Crippen MR) is 59.8 cm³/mol. The molecule has 1 aliphatic heterocycles. The fourth-order valence-electron chi connectivity index (χ4n) is 1.64. The summed E-state index contributed by atoms with van der Waals surface area (Å²) in [5, 5.41) is 0. The Hall–Kier alpha value is -1.45. The van der Waals surface area contributed by atoms with E-state index in [0.29, 0.717) is 6.42 Å². The van der Waals surface area contributed by atoms with Crippen LogP contribution in [-0.2, 0) is 14.3 Å². The summed E-state index contributed by atoms with van der Waals surface area (Å²) in [5.74, 6) is -0.0212. The van der Waals surface area contributed by atoms with Crippen LogP contribution >= 0.6 is 0 Å². The van der Waals surface area contributed by atoms with Gasteiger partial charge in [-0.2, -0.15) is 0 Å². The summed E-state index contributed by atoms with van der Waals surface area (Å²) < 4.78 is 10.9. The number of carbonyl (C=O) groups excluding carboxylic acids is 1. The molecule has 0 aliphatic carbocycles. The molecule has 1 fully saturated rings. The third-order valence-electron chi connectivity index (χ3n) is 2.48. The molecule has 84 valence electrons. The minimum atomic E-state index is -0.441. The number of ether oxygens (including phenoxy) is 2. The van der Waals surface area contributed by atoms with Crippen LogP contribution in [0.25, 0.3) is 0 Å². The number of Topliss-reactive ketones (excluding diaryl/α,β-unsaturated/α-hetero) is 1. The van der Waals surface area contributed by atoms with Crippen molar-refractivity contribution in [3.63, 3.8) is 0 Å². The lowest BCUT2D eigenvalue weighted by Gasteiger charge is -2.28. The highest BCUT2D eigenvalue weighted by molar-refractivity contribution is 5.84. The quantitative estimate of drug-likeness (QED) is 0.730. The van der Waals surface area contributed by atoms with Crippen LogP contribution < -0.4 is 0 Å². The first kappa shape index (κ1) is 11.0. The topological polar surface area (TPSA) is 35.5 Å². The molecule has 0 amide bonds. The van der Waals surface area contributed by atoms with Crippen LogP contribution in [0.4, 0.5) is 0 Å². The first-order chi connectivity index (χ1) is 7.81. The van der Waals surface area contributed by atoms with E-state index >= 15 is 0 Å². The van der Waals surface area contributed by atoms with Crippen molar-refractivity contribution in [3.05, 3.63) is 48.6 Å². The molecule has 1 aromatic rings. The average molecular weight is 218 g/mol. The van der Waals surface area contributed by atoms with Crippen molar-refractivity contribution >= 4 is 5.78 Å². The van der Waals surface area contributed by atoms with Crippen molar-refractivity contribution in [2.45, 2.75) is 18.8 Å². The Morgan fingerprint density at radius 1 is 1.38 bits per heavy atom. The maximum Gasteiger partial charge on any atom is 0.187 e. The van der Waals surface area contributed by atoms with Gasteiger partial charge < -0.3 is 9.47 Å². The van der Waals surface area contributed by atoms with Gasteiger partial charge in [-0.15, -0.1) is 6.58 Å². The molecular weight excluding hydrogens is 204 g/mol. The summed E-state index contributed by atoms with van der Waals surface area (Å²) in [6.07, 6.45) is 1.36. The summed E-state index contributed by atoms with van der Waals surface area (Å²) in [6, 6.07) is 9.61. The molecule has 0 aromatic heterocycles. The molecule has 1 aromatic carbocycles. The van der Waals surface area contributed by atoms with Gasteiger partial charge in [0.15, 0.2) is 12.1 Å². The molecule has 2 rings (SSSR count). The van der Waals surface area contributed by atoms with Crippen LogP contribution in [0.1, 0.15) is 18.3 Å². The Morgan fingerprint density at radius 3 is 2.81 bits per heavy atom. The van der Waals surface area contributed by atoms with Crippen molar-refractivity contribution in [2.24, 2.45) is 0 Å². The minimum Gasteiger partial charge on any atom is -0.340 e. The zero-order valence-corrected chi connectivity index (χ0v) is 8.96. The van der Waals surface area contributed by atoms with Gasteiger partial charge in [-0.05, 0) is 6.42 Å². The SMILES string of the molecule is C=CC[C@H]1O[C@@H](c2ccccc2)OCC1=O. The van der Waals surface area contributed by atoms with Crippen molar-refractivity contribution in [1.29, 1.82) is 0 Å². The number of hydrogen-bond acceptors (Lipinski definition) is 3. The van der Waals surface area contributed by atoms with Gasteiger partial charge in [-0.1, -0.05) is 36.4 Å². The summed E-state index contributed by atoms with van der Waals surface area (Å²) in [7, 11) is 0. The van der Waals surface area contributed by atoms with E-state index in [0.717, 1.165) is 5.56 Å². The van der Waals surface area contributed by atoms with Gasteiger partial charge in [0.25, 0.3) is 0 Å². The second-order valence-electron chi connectivity index (χ2n) is 3.67. The third-order valence-corrected chi connectivity index (χ3v) is 2.48. The number of benzene rings is 1. The zero-order chi connectivity index (χ0) is 11.4. The van der Waals surface area contributed by atoms with Crippen molar-refractivity contribution < 1.29 is 14.3 Å². The lowest BCUT2D eigenvalue weighted by atomic mass is 10.1. The highest BCUT2D eigenvalue weighted by Crippen LogP contribution is 2.25. The highest BCUT2D eigenvalue weighted by Gasteiger charge is 2.29. The van der Waals surface area contributed by atoms with Gasteiger partial charge in [-0.25, -0.2) is 0 Å². The molecule has 16 heavy (non-hydrogen) atoms. The highest BCUT2D eigenvalue weighted by atomic mass is 16.7. The van der Waals surface area contributed by atoms with Crippen LogP contribution in [0.2, 0.25) is 0 Å². The largest absolute Gasteiger partial charge is 0.340 e. The number of rotatable bonds is 3. The maximum absolute atomic E-state index is 11.5. The van der Waals surface area contributed by atoms with Gasteiger partial charge in [0.05, 0.1) is 0 Å². The molecule has 0 radical (unpaired) electrons. The van der Waals surface area contributed by atoms with Crippen LogP contribution in [0, 0.1) is 0 Å². The molecule has 3 nitrogen and oxygen atoms in total. The van der Waals surface area contributed by atoms with Gasteiger partial charge in [0, 0.05) is 5.56 Å². The molecular formula is C13H14O3. The monoisotopic (exact) mass is 218 g/mol. The molecule has 1 saturated heterocycles. The van der Waals surface area contributed by atoms with E-state index in [9.17, 15) is 4.79 Å². The van der Waals surface area contributed by atoms with Crippen LogP contribution in [0.3, 0.4) is 0 Å². The fourth-order valence-corrected chi connectivity index (χ4v) is 1.64. The van der Waals surface area contributed by atoms with E-state index in [1.165, 1.54) is 0 Å². The van der Waals surface area contributed by atoms with Crippen LogP contribution in [0.5, 0.6) is 0 Å². The Kier molecular flexibility index (Phi) is 3.49. The van der Waals surface area contributed by atoms with Gasteiger partial charge in [0.2, 0.25) is 0 Å². The summed E-state index contributed by atoms with van der Waals surface area (Å²) in [4.78, 5) is 11.5. The summed E-state index contributed by atoms with van der Waals surface area (Å²) in [6.45, 7) is 3.72. The maximum atomic E-state index is 11.5. The molecule has 0 unspecified atom stereocenters. The van der Waals surface area contributed by atoms with E-state index < -0.39 is 12.4 Å². The Morgan fingerprint density at radius 2 is 2.12 bits per heavy atom. The smallest absolute Gasteiger partial charge is 0.187 e. The molecule has 1 heterocycles. The average Bonchev–Trinajstić information content (AvgIpc) is 2.33. The molecule has 0 bridgehead atoms. The van der Waals surface area contributed by atoms with E-state index in [1.807, 2.05) is 30.3 Å². The zero-order valence-electron chi connectivity index (χ0n) is 8.96. The molecule has 0 N–H and O–H groups in total. The minimum absolute atomic E-state index is 0.0212. The Labute approximate surface area is 94.7 Å². The van der Waals surface area contributed by atoms with Crippen molar-refractivity contribution in [3.8, 4) is 0 Å². The number of carbonyl (C=O) groups is 1. The Balaban J connectivity index is 2.08. The van der Waals surface area contributed by atoms with E-state index in [1.54, 1.807) is 6.08 Å². The molecule has 3 heteroatoms. The van der Waals surface area contributed by atoms with Gasteiger partial charge in [0.1, 0.15) is 12.7 Å². The normalized spacial score (nSPS) is 25.4. The van der Waals surface area contributed by atoms with Crippen LogP contribution in [0.15, 0.2) is 43.0 Å². The lowest BCUT2D eigenvalue weighted by Crippen LogP contribution is -2.36. The number of hydrogen-bond donors (Lipinski definition) is 0. The summed E-state index contributed by atoms with van der Waals surface area (Å²) in [5.41, 5.74) is 0.934. The fraction of sp³-hybridized carbons (Fsp3) is 0.308. The van der Waals surface area contributed by atoms with E-state index in [2.05, 4.69) is 6.58 Å². The molecule has 1 aliphatic rings. The number of ketones is 1. The van der Waals surface area contributed by atoms with Crippen molar-refractivity contribution in [2.75, 3.05) is 6.61 Å². The third kappa shape index (κ3) is 2.38. The Bertz CT molecular complexity index is 372. The van der Waals surface area contributed by atoms with E-state index in [-0.39, 0.29) is 12.4 Å². The molecule has 0 spiro atoms. The first-order valence-corrected chi connectivity index (χ1v) is 5.27. The lowest BCUT2D eigenvalue weighted by molar-refractivity contribution is -0.211. The second-order valence-corrected chi connectivity index (χ2v) is 3.67. The van der Waals surface area contributed by atoms with E-state index in [4.69, 9.17) is 9.47 Å². The van der Waals surface area contributed by atoms with Crippen molar-refractivity contribution in [1.82, 2.24) is 0 Å². The summed E-state index contributed by atoms with van der Waals surface area (Å²) >= 11 is 0. The molecule has 2 atom stereocenters. The standard InChI is InChI=1S/C13H14O3/c1-2-6-12-11(14)9-15-13(16-12)10-7-4-3-5-8-10/h2-5,7-8,12-13H,1,6,9H2/t12-,13+/m1/s1.